The van der Waals surface area contributed by atoms with Gasteiger partial charge in [0.1, 0.15) is 0 Å². The van der Waals surface area contributed by atoms with Crippen molar-refractivity contribution in [3.8, 4) is 0 Å². The van der Waals surface area contributed by atoms with Crippen LogP contribution in [-0.4, -0.2) is 66.9 Å². The van der Waals surface area contributed by atoms with E-state index in [9.17, 15) is 16.8 Å². The van der Waals surface area contributed by atoms with Gasteiger partial charge in [0.25, 0.3) is 0 Å². The zero-order chi connectivity index (χ0) is 17.0. The monoisotopic (exact) mass is 662 g/mol. The van der Waals surface area contributed by atoms with Crippen molar-refractivity contribution in [2.24, 2.45) is 0 Å². The molecule has 0 amide bonds. The van der Waals surface area contributed by atoms with Crippen LogP contribution in [0.2, 0.25) is 0 Å². The van der Waals surface area contributed by atoms with Gasteiger partial charge in [-0.3, -0.25) is 16.8 Å². The predicted octanol–water partition coefficient (Wildman–Crippen LogP) is 1.67. The van der Waals surface area contributed by atoms with Gasteiger partial charge >= 0.3 is 40.6 Å². The fourth-order valence-electron chi connectivity index (χ4n) is 0. The summed E-state index contributed by atoms with van der Waals surface area (Å²) in [5.74, 6) is 0. The van der Waals surface area contributed by atoms with Crippen molar-refractivity contribution in [3.05, 3.63) is 0 Å². The van der Waals surface area contributed by atoms with E-state index in [1.807, 2.05) is 0 Å². The van der Waals surface area contributed by atoms with Gasteiger partial charge in [0.05, 0.1) is 0 Å². The van der Waals surface area contributed by atoms with E-state index in [1.54, 1.807) is 50.0 Å². The average Bonchev–Trinajstić information content (AvgIpc) is 1.97. The Kier molecular flexibility index (Phi) is 55.9. The summed E-state index contributed by atoms with van der Waals surface area (Å²) >= 11 is 6.44. The van der Waals surface area contributed by atoms with Crippen molar-refractivity contribution in [3.63, 3.8) is 0 Å². The molecular weight excluding hydrogens is 638 g/mol. The Labute approximate surface area is 149 Å². The number of hydrogen-bond donors (Lipinski definition) is 0. The van der Waals surface area contributed by atoms with E-state index in [0.717, 1.165) is 0 Å². The second-order valence-electron chi connectivity index (χ2n) is 3.02. The molecule has 0 radical (unpaired) electrons. The van der Waals surface area contributed by atoms with E-state index in [-0.39, 0.29) is 13.5 Å². The van der Waals surface area contributed by atoms with Crippen molar-refractivity contribution in [2.75, 3.05) is 50.0 Å². The van der Waals surface area contributed by atoms with Crippen molar-refractivity contribution in [1.82, 2.24) is 0 Å². The summed E-state index contributed by atoms with van der Waals surface area (Å²) < 4.78 is 38.2. The van der Waals surface area contributed by atoms with Crippen LogP contribution in [0.5, 0.6) is 0 Å². The quantitative estimate of drug-likeness (QED) is 0.396. The SMILES string of the molecule is CS(C)=O.CS(C)=O.CS(C)=O.CS(C)=O.[Br][Os][Br]. The van der Waals surface area contributed by atoms with Gasteiger partial charge in [-0.25, -0.2) is 0 Å². The van der Waals surface area contributed by atoms with E-state index in [0.29, 0.717) is 0 Å². The molecule has 0 bridgehead atoms. The summed E-state index contributed by atoms with van der Waals surface area (Å²) in [4.78, 5) is 0. The van der Waals surface area contributed by atoms with Crippen LogP contribution in [0, 0.1) is 0 Å². The van der Waals surface area contributed by atoms with Gasteiger partial charge in [0.15, 0.2) is 0 Å². The minimum absolute atomic E-state index is 0.0417. The van der Waals surface area contributed by atoms with Gasteiger partial charge < -0.3 is 0 Å². The third-order valence-corrected chi connectivity index (χ3v) is 0. The summed E-state index contributed by atoms with van der Waals surface area (Å²) in [7, 11) is -2.44. The standard InChI is InChI=1S/4C2H6OS.2BrH.Os/c4*1-4(2)3;;;/h4*1-2H3;2*1H;/q;;;;;;+2/p-2. The molecule has 4 nitrogen and oxygen atoms in total. The number of halogens is 2. The summed E-state index contributed by atoms with van der Waals surface area (Å²) in [6.45, 7) is 0. The van der Waals surface area contributed by atoms with Crippen molar-refractivity contribution in [2.45, 2.75) is 0 Å². The number of hydrogen-bond acceptors (Lipinski definition) is 4. The normalized spacial score (nSPS) is 8.53. The topological polar surface area (TPSA) is 68.3 Å². The average molecular weight is 663 g/mol. The molecule has 0 aliphatic heterocycles. The van der Waals surface area contributed by atoms with E-state index >= 15 is 0 Å². The van der Waals surface area contributed by atoms with Crippen LogP contribution < -0.4 is 0 Å². The zero-order valence-corrected chi connectivity index (χ0v) is 21.4. The second kappa shape index (κ2) is 32.2. The van der Waals surface area contributed by atoms with Crippen LogP contribution in [0.4, 0.5) is 0 Å². The Bertz CT molecular complexity index is 191. The van der Waals surface area contributed by atoms with Crippen LogP contribution in [0.3, 0.4) is 0 Å². The van der Waals surface area contributed by atoms with Gasteiger partial charge in [0.2, 0.25) is 0 Å². The summed E-state index contributed by atoms with van der Waals surface area (Å²) in [5, 5.41) is 0. The predicted molar refractivity (Wildman–Crippen MR) is 97.8 cm³/mol. The van der Waals surface area contributed by atoms with Gasteiger partial charge in [-0.1, -0.05) is 0 Å². The molecule has 0 rings (SSSR count). The molecule has 19 heavy (non-hydrogen) atoms. The van der Waals surface area contributed by atoms with E-state index < -0.39 is 43.2 Å². The van der Waals surface area contributed by atoms with Crippen molar-refractivity contribution >= 4 is 70.3 Å². The summed E-state index contributed by atoms with van der Waals surface area (Å²) in [5.41, 5.74) is 0. The molecule has 0 aromatic heterocycles. The van der Waals surface area contributed by atoms with Gasteiger partial charge in [-0.15, -0.1) is 0 Å². The Hall–Kier alpha value is 2.20. The van der Waals surface area contributed by atoms with Crippen molar-refractivity contribution < 1.29 is 30.3 Å². The first-order chi connectivity index (χ1) is 8.34. The molecule has 0 spiro atoms. The molecule has 0 N–H and O–H groups in total. The van der Waals surface area contributed by atoms with Crippen LogP contribution in [-0.2, 0) is 56.6 Å². The maximum absolute atomic E-state index is 9.56. The molecule has 0 unspecified atom stereocenters. The Morgan fingerprint density at radius 2 is 0.526 bits per heavy atom. The maximum atomic E-state index is 9.56. The van der Waals surface area contributed by atoms with E-state index in [4.69, 9.17) is 0 Å². The Balaban J connectivity index is -0.0000000432. The van der Waals surface area contributed by atoms with Crippen LogP contribution in [0.15, 0.2) is 0 Å². The first-order valence-corrected chi connectivity index (χ1v) is 23.2. The van der Waals surface area contributed by atoms with Gasteiger partial charge in [-0.2, -0.15) is 0 Å². The summed E-state index contributed by atoms with van der Waals surface area (Å²) in [6.07, 6.45) is 13.1. The van der Waals surface area contributed by atoms with Crippen LogP contribution in [0.1, 0.15) is 0 Å². The molecule has 0 aromatic rings. The number of rotatable bonds is 0. The molecule has 0 aliphatic rings. The fourth-order valence-corrected chi connectivity index (χ4v) is 0. The van der Waals surface area contributed by atoms with E-state index in [2.05, 4.69) is 27.1 Å². The molecule has 11 heteroatoms. The summed E-state index contributed by atoms with van der Waals surface area (Å²) in [6, 6.07) is 0. The van der Waals surface area contributed by atoms with Gasteiger partial charge in [-0.05, 0) is 0 Å². The molecular formula is C8H24Br2O4OsS4. The Morgan fingerprint density at radius 3 is 0.526 bits per heavy atom. The molecule has 0 saturated carbocycles. The van der Waals surface area contributed by atoms with Crippen LogP contribution >= 0.6 is 27.1 Å². The molecule has 0 heterocycles. The van der Waals surface area contributed by atoms with Gasteiger partial charge in [0, 0.05) is 93.2 Å². The molecule has 0 aromatic carbocycles. The molecule has 0 fully saturated rings. The molecule has 0 aliphatic carbocycles. The Morgan fingerprint density at radius 1 is 0.526 bits per heavy atom. The third kappa shape index (κ3) is 1390. The van der Waals surface area contributed by atoms with E-state index in [1.165, 1.54) is 0 Å². The first kappa shape index (κ1) is 33.0. The molecule has 126 valence electrons. The molecule has 0 atom stereocenters. The van der Waals surface area contributed by atoms with Crippen LogP contribution in [0.25, 0.3) is 0 Å². The van der Waals surface area contributed by atoms with Crippen molar-refractivity contribution in [1.29, 1.82) is 0 Å². The fraction of sp³-hybridized carbons (Fsp3) is 1.00. The zero-order valence-electron chi connectivity index (χ0n) is 12.4. The first-order valence-electron chi connectivity index (χ1n) is 4.20. The second-order valence-corrected chi connectivity index (χ2v) is 20.1. The molecule has 0 saturated heterocycles. The minimum atomic E-state index is -0.611. The third-order valence-electron chi connectivity index (χ3n) is 0.